The summed E-state index contributed by atoms with van der Waals surface area (Å²) in [6.07, 6.45) is 0.788. The molecule has 3 rings (SSSR count). The number of hydrogen-bond donors (Lipinski definition) is 2. The van der Waals surface area contributed by atoms with Crippen LogP contribution < -0.4 is 10.6 Å². The van der Waals surface area contributed by atoms with Crippen molar-refractivity contribution in [2.45, 2.75) is 27.2 Å². The largest absolute Gasteiger partial charge is 0.338 e. The normalized spacial score (nSPS) is 10.8. The van der Waals surface area contributed by atoms with Crippen LogP contribution >= 0.6 is 0 Å². The van der Waals surface area contributed by atoms with Crippen molar-refractivity contribution in [2.24, 2.45) is 5.92 Å². The highest BCUT2D eigenvalue weighted by Crippen LogP contribution is 2.25. The molecular weight excluding hydrogens is 421 g/mol. The Balaban J connectivity index is 1.85. The van der Waals surface area contributed by atoms with E-state index in [-0.39, 0.29) is 24.3 Å². The molecule has 0 unspecified atom stereocenters. The van der Waals surface area contributed by atoms with Gasteiger partial charge in [0.15, 0.2) is 0 Å². The Morgan fingerprint density at radius 1 is 1.09 bits per heavy atom. The van der Waals surface area contributed by atoms with Gasteiger partial charge in [-0.2, -0.15) is 5.10 Å². The van der Waals surface area contributed by atoms with E-state index in [1.165, 1.54) is 17.0 Å². The number of carbonyl (C=O) groups excluding carboxylic acids is 2. The molecule has 33 heavy (non-hydrogen) atoms. The topological polar surface area (TPSA) is 79.3 Å². The lowest BCUT2D eigenvalue weighted by Crippen LogP contribution is -2.44. The first kappa shape index (κ1) is 24.0. The molecule has 0 fully saturated rings. The third-order valence-corrected chi connectivity index (χ3v) is 5.04. The summed E-state index contributed by atoms with van der Waals surface area (Å²) in [5.74, 6) is 0.138. The molecule has 0 saturated heterocycles. The van der Waals surface area contributed by atoms with E-state index in [1.54, 1.807) is 22.9 Å². The standard InChI is InChI=1S/C25H30FN5O2/c1-4-27-25(33)30(15-14-18(2)3)17-24(32)28-23-16-22(19-8-6-5-7-9-19)29-31(23)21-12-10-20(26)11-13-21/h5-13,16,18H,4,14-15,17H2,1-3H3,(H,27,33)(H,28,32). The van der Waals surface area contributed by atoms with Gasteiger partial charge in [-0.1, -0.05) is 44.2 Å². The van der Waals surface area contributed by atoms with Gasteiger partial charge >= 0.3 is 6.03 Å². The van der Waals surface area contributed by atoms with Crippen LogP contribution in [-0.2, 0) is 4.79 Å². The zero-order valence-corrected chi connectivity index (χ0v) is 19.2. The van der Waals surface area contributed by atoms with E-state index in [4.69, 9.17) is 0 Å². The van der Waals surface area contributed by atoms with Crippen LogP contribution in [-0.4, -0.2) is 46.3 Å². The molecule has 1 heterocycles. The summed E-state index contributed by atoms with van der Waals surface area (Å²) in [5, 5.41) is 10.3. The number of amides is 3. The summed E-state index contributed by atoms with van der Waals surface area (Å²) >= 11 is 0. The van der Waals surface area contributed by atoms with Crippen molar-refractivity contribution in [3.63, 3.8) is 0 Å². The second kappa shape index (κ2) is 11.3. The van der Waals surface area contributed by atoms with Crippen LogP contribution in [0.15, 0.2) is 60.7 Å². The van der Waals surface area contributed by atoms with E-state index in [0.717, 1.165) is 12.0 Å². The molecule has 0 aliphatic heterocycles. The van der Waals surface area contributed by atoms with Crippen molar-refractivity contribution in [1.29, 1.82) is 0 Å². The fraction of sp³-hybridized carbons (Fsp3) is 0.320. The molecule has 0 bridgehead atoms. The number of hydrogen-bond acceptors (Lipinski definition) is 3. The molecule has 1 aromatic heterocycles. The van der Waals surface area contributed by atoms with Crippen molar-refractivity contribution >= 4 is 17.8 Å². The smallest absolute Gasteiger partial charge is 0.317 e. The van der Waals surface area contributed by atoms with E-state index in [1.807, 2.05) is 37.3 Å². The van der Waals surface area contributed by atoms with E-state index >= 15 is 0 Å². The molecule has 7 nitrogen and oxygen atoms in total. The number of benzene rings is 2. The summed E-state index contributed by atoms with van der Waals surface area (Å²) in [4.78, 5) is 26.9. The zero-order valence-electron chi connectivity index (χ0n) is 19.2. The predicted molar refractivity (Wildman–Crippen MR) is 128 cm³/mol. The third kappa shape index (κ3) is 6.65. The molecule has 0 spiro atoms. The molecule has 3 aromatic rings. The first-order valence-electron chi connectivity index (χ1n) is 11.1. The van der Waals surface area contributed by atoms with Crippen LogP contribution in [0.2, 0.25) is 0 Å². The SMILES string of the molecule is CCNC(=O)N(CCC(C)C)CC(=O)Nc1cc(-c2ccccc2)nn1-c1ccc(F)cc1. The number of aromatic nitrogens is 2. The molecule has 2 N–H and O–H groups in total. The molecule has 8 heteroatoms. The van der Waals surface area contributed by atoms with Gasteiger partial charge in [0, 0.05) is 24.7 Å². The molecule has 0 aliphatic rings. The molecule has 0 radical (unpaired) electrons. The van der Waals surface area contributed by atoms with Gasteiger partial charge < -0.3 is 15.5 Å². The highest BCUT2D eigenvalue weighted by molar-refractivity contribution is 5.94. The Hall–Kier alpha value is -3.68. The van der Waals surface area contributed by atoms with Gasteiger partial charge in [-0.25, -0.2) is 13.9 Å². The molecule has 0 aliphatic carbocycles. The van der Waals surface area contributed by atoms with E-state index < -0.39 is 0 Å². The third-order valence-electron chi connectivity index (χ3n) is 5.04. The lowest BCUT2D eigenvalue weighted by atomic mass is 10.1. The van der Waals surface area contributed by atoms with Crippen molar-refractivity contribution in [2.75, 3.05) is 25.0 Å². The highest BCUT2D eigenvalue weighted by Gasteiger charge is 2.19. The number of nitrogens with one attached hydrogen (secondary N) is 2. The lowest BCUT2D eigenvalue weighted by molar-refractivity contribution is -0.116. The maximum absolute atomic E-state index is 13.5. The Morgan fingerprint density at radius 3 is 2.42 bits per heavy atom. The monoisotopic (exact) mass is 451 g/mol. The van der Waals surface area contributed by atoms with Crippen LogP contribution in [0, 0.1) is 11.7 Å². The minimum absolute atomic E-state index is 0.0895. The minimum Gasteiger partial charge on any atom is -0.338 e. The van der Waals surface area contributed by atoms with Gasteiger partial charge in [-0.05, 0) is 43.5 Å². The van der Waals surface area contributed by atoms with Gasteiger partial charge in [0.2, 0.25) is 5.91 Å². The van der Waals surface area contributed by atoms with E-state index in [2.05, 4.69) is 29.6 Å². The lowest BCUT2D eigenvalue weighted by Gasteiger charge is -2.23. The summed E-state index contributed by atoms with van der Waals surface area (Å²) in [7, 11) is 0. The maximum Gasteiger partial charge on any atom is 0.317 e. The maximum atomic E-state index is 13.5. The number of anilines is 1. The highest BCUT2D eigenvalue weighted by atomic mass is 19.1. The van der Waals surface area contributed by atoms with Crippen LogP contribution in [0.25, 0.3) is 16.9 Å². The first-order valence-corrected chi connectivity index (χ1v) is 11.1. The van der Waals surface area contributed by atoms with Crippen molar-refractivity contribution in [3.8, 4) is 16.9 Å². The number of carbonyl (C=O) groups is 2. The zero-order chi connectivity index (χ0) is 23.8. The molecular formula is C25H30FN5O2. The first-order chi connectivity index (χ1) is 15.9. The average Bonchev–Trinajstić information content (AvgIpc) is 3.21. The van der Waals surface area contributed by atoms with Crippen molar-refractivity contribution < 1.29 is 14.0 Å². The number of urea groups is 1. The molecule has 174 valence electrons. The number of nitrogens with zero attached hydrogens (tertiary/aromatic N) is 3. The average molecular weight is 452 g/mol. The molecule has 0 atom stereocenters. The van der Waals surface area contributed by atoms with Crippen molar-refractivity contribution in [3.05, 3.63) is 66.5 Å². The second-order valence-corrected chi connectivity index (χ2v) is 8.16. The van der Waals surface area contributed by atoms with Crippen LogP contribution in [0.4, 0.5) is 15.0 Å². The number of halogens is 1. The number of rotatable bonds is 9. The minimum atomic E-state index is -0.359. The molecule has 3 amide bonds. The van der Waals surface area contributed by atoms with Gasteiger partial charge in [0.1, 0.15) is 18.2 Å². The van der Waals surface area contributed by atoms with E-state index in [9.17, 15) is 14.0 Å². The fourth-order valence-electron chi connectivity index (χ4n) is 3.28. The van der Waals surface area contributed by atoms with Gasteiger partial charge in [0.25, 0.3) is 0 Å². The quantitative estimate of drug-likeness (QED) is 0.495. The van der Waals surface area contributed by atoms with Crippen LogP contribution in [0.3, 0.4) is 0 Å². The van der Waals surface area contributed by atoms with Gasteiger partial charge in [-0.15, -0.1) is 0 Å². The summed E-state index contributed by atoms with van der Waals surface area (Å²) < 4.78 is 15.0. The van der Waals surface area contributed by atoms with Crippen LogP contribution in [0.5, 0.6) is 0 Å². The van der Waals surface area contributed by atoms with Crippen molar-refractivity contribution in [1.82, 2.24) is 20.0 Å². The Bertz CT molecular complexity index is 1060. The summed E-state index contributed by atoms with van der Waals surface area (Å²) in [6, 6.07) is 16.9. The second-order valence-electron chi connectivity index (χ2n) is 8.16. The molecule has 0 saturated carbocycles. The Labute approximate surface area is 193 Å². The van der Waals surface area contributed by atoms with E-state index in [0.29, 0.717) is 36.2 Å². The molecule has 2 aromatic carbocycles. The van der Waals surface area contributed by atoms with Gasteiger partial charge in [-0.3, -0.25) is 4.79 Å². The summed E-state index contributed by atoms with van der Waals surface area (Å²) in [5.41, 5.74) is 2.15. The Kier molecular flexibility index (Phi) is 8.18. The predicted octanol–water partition coefficient (Wildman–Crippen LogP) is 4.69. The summed E-state index contributed by atoms with van der Waals surface area (Å²) in [6.45, 7) is 6.85. The Morgan fingerprint density at radius 2 is 1.79 bits per heavy atom. The van der Waals surface area contributed by atoms with Gasteiger partial charge in [0.05, 0.1) is 11.4 Å². The van der Waals surface area contributed by atoms with Crippen LogP contribution in [0.1, 0.15) is 27.2 Å². The fourth-order valence-corrected chi connectivity index (χ4v) is 3.28.